The fraction of sp³-hybridized carbons (Fsp3) is 0.455. The van der Waals surface area contributed by atoms with Crippen LogP contribution in [0.5, 0.6) is 0 Å². The highest BCUT2D eigenvalue weighted by Gasteiger charge is 2.31. The number of benzene rings is 1. The number of nitrogens with zero attached hydrogens (tertiary/aromatic N) is 1. The fourth-order valence-corrected chi connectivity index (χ4v) is 3.49. The molecule has 1 aromatic carbocycles. The van der Waals surface area contributed by atoms with Crippen LogP contribution >= 0.6 is 0 Å². The molecule has 17 heavy (non-hydrogen) atoms. The second-order valence-electron chi connectivity index (χ2n) is 4.09. The summed E-state index contributed by atoms with van der Waals surface area (Å²) in [5, 5.41) is 3.05. The number of hydrogen-bond acceptors (Lipinski definition) is 3. The number of nitrogens with one attached hydrogen (secondary N) is 1. The van der Waals surface area contributed by atoms with Gasteiger partial charge in [-0.05, 0) is 31.7 Å². The summed E-state index contributed by atoms with van der Waals surface area (Å²) in [6, 6.07) is 5.30. The van der Waals surface area contributed by atoms with Gasteiger partial charge in [0.05, 0.1) is 4.90 Å². The number of rotatable bonds is 3. The predicted molar refractivity (Wildman–Crippen MR) is 62.6 cm³/mol. The quantitative estimate of drug-likeness (QED) is 0.873. The van der Waals surface area contributed by atoms with E-state index in [1.54, 1.807) is 0 Å². The lowest BCUT2D eigenvalue weighted by Gasteiger charge is -2.16. The van der Waals surface area contributed by atoms with Crippen molar-refractivity contribution in [3.8, 4) is 0 Å². The van der Waals surface area contributed by atoms with E-state index in [0.29, 0.717) is 13.1 Å². The largest absolute Gasteiger partial charge is 0.316 e. The minimum atomic E-state index is -3.55. The van der Waals surface area contributed by atoms with Crippen molar-refractivity contribution in [1.29, 1.82) is 0 Å². The number of hydrogen-bond donors (Lipinski definition) is 1. The first-order valence-electron chi connectivity index (χ1n) is 5.47. The summed E-state index contributed by atoms with van der Waals surface area (Å²) in [5.74, 6) is -0.532. The van der Waals surface area contributed by atoms with E-state index in [1.807, 2.05) is 7.05 Å². The Hall–Kier alpha value is -0.980. The summed E-state index contributed by atoms with van der Waals surface area (Å²) in [6.45, 7) is 0.916. The second kappa shape index (κ2) is 4.72. The van der Waals surface area contributed by atoms with Gasteiger partial charge in [0, 0.05) is 19.1 Å². The van der Waals surface area contributed by atoms with Crippen molar-refractivity contribution < 1.29 is 12.8 Å². The van der Waals surface area contributed by atoms with Crippen molar-refractivity contribution in [2.24, 2.45) is 0 Å². The summed E-state index contributed by atoms with van der Waals surface area (Å²) in [4.78, 5) is 0.0225. The molecule has 1 saturated heterocycles. The van der Waals surface area contributed by atoms with E-state index in [9.17, 15) is 12.8 Å². The summed E-state index contributed by atoms with van der Waals surface area (Å²) in [6.07, 6.45) is 0.783. The molecule has 2 rings (SSSR count). The van der Waals surface area contributed by atoms with Crippen LogP contribution in [-0.4, -0.2) is 38.9 Å². The maximum atomic E-state index is 13.0. The van der Waals surface area contributed by atoms with Crippen molar-refractivity contribution in [3.05, 3.63) is 30.1 Å². The van der Waals surface area contributed by atoms with Gasteiger partial charge in [-0.2, -0.15) is 4.31 Å². The summed E-state index contributed by atoms with van der Waals surface area (Å²) in [5.41, 5.74) is 0. The maximum absolute atomic E-state index is 13.0. The van der Waals surface area contributed by atoms with Gasteiger partial charge in [-0.15, -0.1) is 0 Å². The van der Waals surface area contributed by atoms with Gasteiger partial charge in [-0.25, -0.2) is 12.8 Å². The zero-order valence-corrected chi connectivity index (χ0v) is 10.4. The molecular weight excluding hydrogens is 243 g/mol. The van der Waals surface area contributed by atoms with Crippen LogP contribution in [0.2, 0.25) is 0 Å². The van der Waals surface area contributed by atoms with E-state index in [4.69, 9.17) is 0 Å². The van der Waals surface area contributed by atoms with Gasteiger partial charge in [-0.3, -0.25) is 0 Å². The van der Waals surface area contributed by atoms with Gasteiger partial charge in [0.25, 0.3) is 0 Å². The highest BCUT2D eigenvalue weighted by molar-refractivity contribution is 7.89. The Balaban J connectivity index is 2.25. The van der Waals surface area contributed by atoms with Crippen molar-refractivity contribution >= 4 is 10.0 Å². The lowest BCUT2D eigenvalue weighted by molar-refractivity contribution is 0.464. The van der Waals surface area contributed by atoms with Crippen LogP contribution in [0.4, 0.5) is 4.39 Å². The fourth-order valence-electron chi connectivity index (χ4n) is 1.96. The van der Waals surface area contributed by atoms with Gasteiger partial charge in [0.1, 0.15) is 5.82 Å². The lowest BCUT2D eigenvalue weighted by atomic mass is 10.3. The first-order chi connectivity index (χ1) is 8.04. The molecule has 1 heterocycles. The standard InChI is InChI=1S/C11H15FN2O2S/c1-13-10-5-6-14(8-10)17(15,16)11-4-2-3-9(12)7-11/h2-4,7,10,13H,5-6,8H2,1H3. The van der Waals surface area contributed by atoms with Crippen molar-refractivity contribution in [2.45, 2.75) is 17.4 Å². The van der Waals surface area contributed by atoms with Gasteiger partial charge in [-0.1, -0.05) is 6.07 Å². The Morgan fingerprint density at radius 2 is 2.24 bits per heavy atom. The highest BCUT2D eigenvalue weighted by Crippen LogP contribution is 2.21. The molecule has 6 heteroatoms. The van der Waals surface area contributed by atoms with Crippen LogP contribution in [0.25, 0.3) is 0 Å². The van der Waals surface area contributed by atoms with Gasteiger partial charge in [0.2, 0.25) is 10.0 Å². The van der Waals surface area contributed by atoms with Gasteiger partial charge < -0.3 is 5.32 Å². The van der Waals surface area contributed by atoms with Crippen LogP contribution in [-0.2, 0) is 10.0 Å². The molecule has 94 valence electrons. The molecule has 1 unspecified atom stereocenters. The topological polar surface area (TPSA) is 49.4 Å². The molecule has 1 aliphatic heterocycles. The lowest BCUT2D eigenvalue weighted by Crippen LogP contribution is -2.33. The first kappa shape index (κ1) is 12.5. The third-order valence-corrected chi connectivity index (χ3v) is 4.85. The van der Waals surface area contributed by atoms with E-state index in [0.717, 1.165) is 12.5 Å². The zero-order chi connectivity index (χ0) is 12.5. The normalized spacial score (nSPS) is 21.9. The average Bonchev–Trinajstić information content (AvgIpc) is 2.78. The minimum absolute atomic E-state index is 0.0225. The van der Waals surface area contributed by atoms with E-state index in [2.05, 4.69) is 5.32 Å². The van der Waals surface area contributed by atoms with Crippen LogP contribution in [0.1, 0.15) is 6.42 Å². The number of sulfonamides is 1. The van der Waals surface area contributed by atoms with Crippen molar-refractivity contribution in [2.75, 3.05) is 20.1 Å². The Bertz CT molecular complexity index is 504. The van der Waals surface area contributed by atoms with Crippen molar-refractivity contribution in [1.82, 2.24) is 9.62 Å². The van der Waals surface area contributed by atoms with E-state index < -0.39 is 15.8 Å². The third-order valence-electron chi connectivity index (χ3n) is 2.99. The monoisotopic (exact) mass is 258 g/mol. The molecular formula is C11H15FN2O2S. The maximum Gasteiger partial charge on any atom is 0.243 e. The molecule has 0 saturated carbocycles. The third kappa shape index (κ3) is 2.48. The Kier molecular flexibility index (Phi) is 3.46. The molecule has 0 aliphatic carbocycles. The predicted octanol–water partition coefficient (Wildman–Crippen LogP) is 0.808. The summed E-state index contributed by atoms with van der Waals surface area (Å²) < 4.78 is 38.8. The highest BCUT2D eigenvalue weighted by atomic mass is 32.2. The molecule has 0 radical (unpaired) electrons. The van der Waals surface area contributed by atoms with Crippen LogP contribution in [0.3, 0.4) is 0 Å². The van der Waals surface area contributed by atoms with Crippen LogP contribution in [0, 0.1) is 5.82 Å². The Labute approximate surface area is 100 Å². The molecule has 0 bridgehead atoms. The molecule has 0 amide bonds. The molecule has 1 atom stereocenters. The van der Waals surface area contributed by atoms with Gasteiger partial charge >= 0.3 is 0 Å². The number of likely N-dealkylation sites (N-methyl/N-ethyl adjacent to an activating group) is 1. The van der Waals surface area contributed by atoms with E-state index in [-0.39, 0.29) is 10.9 Å². The smallest absolute Gasteiger partial charge is 0.243 e. The first-order valence-corrected chi connectivity index (χ1v) is 6.91. The molecule has 0 aromatic heterocycles. The van der Waals surface area contributed by atoms with Gasteiger partial charge in [0.15, 0.2) is 0 Å². The molecule has 1 aliphatic rings. The SMILES string of the molecule is CNC1CCN(S(=O)(=O)c2cccc(F)c2)C1. The molecule has 1 fully saturated rings. The van der Waals surface area contributed by atoms with Crippen molar-refractivity contribution in [3.63, 3.8) is 0 Å². The Morgan fingerprint density at radius 1 is 1.47 bits per heavy atom. The zero-order valence-electron chi connectivity index (χ0n) is 9.56. The average molecular weight is 258 g/mol. The summed E-state index contributed by atoms with van der Waals surface area (Å²) in [7, 11) is -1.74. The molecule has 1 aromatic rings. The van der Waals surface area contributed by atoms with E-state index in [1.165, 1.54) is 22.5 Å². The molecule has 4 nitrogen and oxygen atoms in total. The minimum Gasteiger partial charge on any atom is -0.316 e. The van der Waals surface area contributed by atoms with Crippen LogP contribution < -0.4 is 5.32 Å². The van der Waals surface area contributed by atoms with Crippen LogP contribution in [0.15, 0.2) is 29.2 Å². The molecule has 1 N–H and O–H groups in total. The Morgan fingerprint density at radius 3 is 2.82 bits per heavy atom. The molecule has 0 spiro atoms. The second-order valence-corrected chi connectivity index (χ2v) is 6.03. The number of halogens is 1. The summed E-state index contributed by atoms with van der Waals surface area (Å²) >= 11 is 0. The van der Waals surface area contributed by atoms with E-state index >= 15 is 0 Å².